The van der Waals surface area contributed by atoms with Gasteiger partial charge in [0, 0.05) is 38.3 Å². The fourth-order valence-corrected chi connectivity index (χ4v) is 4.22. The average molecular weight is 441 g/mol. The molecule has 2 saturated heterocycles. The number of anilines is 3. The molecule has 31 heavy (non-hydrogen) atoms. The van der Waals surface area contributed by atoms with E-state index in [0.29, 0.717) is 23.6 Å². The van der Waals surface area contributed by atoms with Crippen molar-refractivity contribution in [3.05, 3.63) is 41.5 Å². The summed E-state index contributed by atoms with van der Waals surface area (Å²) in [6, 6.07) is 11.0. The molecule has 1 unspecified atom stereocenters. The highest BCUT2D eigenvalue weighted by atomic mass is 32.1. The second-order valence-electron chi connectivity index (χ2n) is 8.34. The topological polar surface area (TPSA) is 65.6 Å². The van der Waals surface area contributed by atoms with Gasteiger partial charge in [0.05, 0.1) is 13.2 Å². The molecule has 0 aliphatic carbocycles. The number of thiocarbonyl (C=S) groups is 1. The molecule has 0 spiro atoms. The fraction of sp³-hybridized carbons (Fsp3) is 0.522. The van der Waals surface area contributed by atoms with Crippen molar-refractivity contribution in [2.45, 2.75) is 45.7 Å². The van der Waals surface area contributed by atoms with E-state index in [-0.39, 0.29) is 0 Å². The molecule has 1 aromatic carbocycles. The van der Waals surface area contributed by atoms with Gasteiger partial charge in [-0.15, -0.1) is 0 Å². The van der Waals surface area contributed by atoms with E-state index in [1.54, 1.807) is 0 Å². The van der Waals surface area contributed by atoms with E-state index in [4.69, 9.17) is 26.9 Å². The maximum absolute atomic E-state index is 5.53. The van der Waals surface area contributed by atoms with E-state index in [2.05, 4.69) is 64.6 Å². The summed E-state index contributed by atoms with van der Waals surface area (Å²) in [6.07, 6.45) is 3.66. The van der Waals surface area contributed by atoms with Crippen LogP contribution in [0.25, 0.3) is 0 Å². The maximum atomic E-state index is 5.53. The van der Waals surface area contributed by atoms with Crippen LogP contribution in [0.2, 0.25) is 0 Å². The second-order valence-corrected chi connectivity index (χ2v) is 8.75. The number of nitrogens with zero attached hydrogens (tertiary/aromatic N) is 4. The molecule has 2 aliphatic rings. The van der Waals surface area contributed by atoms with E-state index in [9.17, 15) is 0 Å². The first-order valence-electron chi connectivity index (χ1n) is 11.2. The molecule has 4 rings (SSSR count). The molecule has 0 radical (unpaired) electrons. The molecule has 1 aromatic heterocycles. The summed E-state index contributed by atoms with van der Waals surface area (Å²) in [6.45, 7) is 9.15. The Bertz CT molecular complexity index is 884. The van der Waals surface area contributed by atoms with E-state index < -0.39 is 0 Å². The second kappa shape index (κ2) is 10.2. The van der Waals surface area contributed by atoms with Crippen LogP contribution in [0.5, 0.6) is 0 Å². The summed E-state index contributed by atoms with van der Waals surface area (Å²) in [4.78, 5) is 14.3. The predicted octanol–water partition coefficient (Wildman–Crippen LogP) is 3.49. The van der Waals surface area contributed by atoms with Crippen LogP contribution < -0.4 is 20.4 Å². The van der Waals surface area contributed by atoms with Gasteiger partial charge in [0.15, 0.2) is 5.11 Å². The first-order chi connectivity index (χ1) is 15.1. The Kier molecular flexibility index (Phi) is 7.19. The van der Waals surface area contributed by atoms with Crippen LogP contribution in [0.15, 0.2) is 30.3 Å². The highest BCUT2D eigenvalue weighted by Gasteiger charge is 2.23. The fourth-order valence-electron chi connectivity index (χ4n) is 4.05. The maximum Gasteiger partial charge on any atom is 0.232 e. The normalized spacial score (nSPS) is 19.2. The van der Waals surface area contributed by atoms with Crippen molar-refractivity contribution in [3.63, 3.8) is 0 Å². The third-order valence-electron chi connectivity index (χ3n) is 5.93. The quantitative estimate of drug-likeness (QED) is 0.685. The molecule has 8 heteroatoms. The van der Waals surface area contributed by atoms with Crippen LogP contribution in [0.4, 0.5) is 17.6 Å². The van der Waals surface area contributed by atoms with Gasteiger partial charge >= 0.3 is 0 Å². The van der Waals surface area contributed by atoms with E-state index in [1.165, 1.54) is 30.4 Å². The summed E-state index contributed by atoms with van der Waals surface area (Å²) < 4.78 is 5.52. The van der Waals surface area contributed by atoms with Crippen molar-refractivity contribution < 1.29 is 4.74 Å². The third-order valence-corrected chi connectivity index (χ3v) is 6.18. The number of hydrogen-bond donors (Lipinski definition) is 2. The largest absolute Gasteiger partial charge is 0.378 e. The molecule has 2 N–H and O–H groups in total. The number of hydrogen-bond acceptors (Lipinski definition) is 6. The summed E-state index contributed by atoms with van der Waals surface area (Å²) >= 11 is 5.53. The smallest absolute Gasteiger partial charge is 0.232 e. The van der Waals surface area contributed by atoms with Crippen molar-refractivity contribution in [1.29, 1.82) is 0 Å². The van der Waals surface area contributed by atoms with Gasteiger partial charge in [-0.3, -0.25) is 0 Å². The number of morpholine rings is 1. The minimum atomic E-state index is 0.473. The number of ether oxygens (including phenoxy) is 1. The Labute approximate surface area is 190 Å². The summed E-state index contributed by atoms with van der Waals surface area (Å²) in [5.41, 5.74) is 2.43. The SMILES string of the molecule is Cc1ccc(CNC(=S)Nc2nc(N3CCOCC3)cc(N3CCCCC3C)n2)cc1. The molecule has 2 aliphatic heterocycles. The first kappa shape index (κ1) is 21.8. The van der Waals surface area contributed by atoms with Crippen LogP contribution in [0.3, 0.4) is 0 Å². The van der Waals surface area contributed by atoms with Crippen molar-refractivity contribution in [2.24, 2.45) is 0 Å². The molecule has 0 saturated carbocycles. The molecular formula is C23H32N6OS. The lowest BCUT2D eigenvalue weighted by Gasteiger charge is -2.35. The van der Waals surface area contributed by atoms with Crippen LogP contribution in [0.1, 0.15) is 37.3 Å². The van der Waals surface area contributed by atoms with Gasteiger partial charge in [-0.25, -0.2) is 0 Å². The van der Waals surface area contributed by atoms with Crippen molar-refractivity contribution in [1.82, 2.24) is 15.3 Å². The van der Waals surface area contributed by atoms with Gasteiger partial charge in [-0.05, 0) is 50.9 Å². The Hall–Kier alpha value is -2.45. The lowest BCUT2D eigenvalue weighted by Crippen LogP contribution is -2.40. The van der Waals surface area contributed by atoms with Gasteiger partial charge in [0.25, 0.3) is 0 Å². The zero-order chi connectivity index (χ0) is 21.6. The number of nitrogens with one attached hydrogen (secondary N) is 2. The van der Waals surface area contributed by atoms with Crippen molar-refractivity contribution in [3.8, 4) is 0 Å². The number of aryl methyl sites for hydroxylation is 1. The molecule has 7 nitrogen and oxygen atoms in total. The standard InChI is InChI=1S/C23H32N6OS/c1-17-6-8-19(9-7-17)16-24-23(31)27-22-25-20(28-11-13-30-14-12-28)15-21(26-22)29-10-4-3-5-18(29)2/h6-9,15,18H,3-5,10-14,16H2,1-2H3,(H2,24,25,26,27,31). The average Bonchev–Trinajstić information content (AvgIpc) is 2.79. The lowest BCUT2D eigenvalue weighted by atomic mass is 10.0. The molecular weight excluding hydrogens is 408 g/mol. The van der Waals surface area contributed by atoms with Gasteiger partial charge in [-0.1, -0.05) is 29.8 Å². The van der Waals surface area contributed by atoms with Crippen molar-refractivity contribution >= 4 is 34.9 Å². The number of benzene rings is 1. The zero-order valence-corrected chi connectivity index (χ0v) is 19.2. The lowest BCUT2D eigenvalue weighted by molar-refractivity contribution is 0.122. The molecule has 1 atom stereocenters. The highest BCUT2D eigenvalue weighted by molar-refractivity contribution is 7.80. The summed E-state index contributed by atoms with van der Waals surface area (Å²) in [7, 11) is 0. The molecule has 166 valence electrons. The van der Waals surface area contributed by atoms with Gasteiger partial charge in [0.1, 0.15) is 11.6 Å². The molecule has 0 bridgehead atoms. The van der Waals surface area contributed by atoms with Crippen molar-refractivity contribution in [2.75, 3.05) is 48.0 Å². The van der Waals surface area contributed by atoms with E-state index in [0.717, 1.165) is 44.5 Å². The Balaban J connectivity index is 1.49. The Morgan fingerprint density at radius 2 is 1.84 bits per heavy atom. The summed E-state index contributed by atoms with van der Waals surface area (Å²) in [5.74, 6) is 2.43. The number of aromatic nitrogens is 2. The van der Waals surface area contributed by atoms with Gasteiger partial charge < -0.3 is 25.2 Å². The van der Waals surface area contributed by atoms with E-state index >= 15 is 0 Å². The molecule has 2 fully saturated rings. The minimum absolute atomic E-state index is 0.473. The Morgan fingerprint density at radius 1 is 1.10 bits per heavy atom. The predicted molar refractivity (Wildman–Crippen MR) is 130 cm³/mol. The zero-order valence-electron chi connectivity index (χ0n) is 18.4. The van der Waals surface area contributed by atoms with E-state index in [1.807, 2.05) is 0 Å². The minimum Gasteiger partial charge on any atom is -0.378 e. The Morgan fingerprint density at radius 3 is 2.58 bits per heavy atom. The van der Waals surface area contributed by atoms with Crippen LogP contribution in [-0.2, 0) is 11.3 Å². The third kappa shape index (κ3) is 5.83. The molecule has 0 amide bonds. The molecule has 3 heterocycles. The molecule has 2 aromatic rings. The number of piperidine rings is 1. The van der Waals surface area contributed by atoms with Gasteiger partial charge in [-0.2, -0.15) is 9.97 Å². The summed E-state index contributed by atoms with van der Waals surface area (Å²) in [5, 5.41) is 7.00. The monoisotopic (exact) mass is 440 g/mol. The van der Waals surface area contributed by atoms with Gasteiger partial charge in [0.2, 0.25) is 5.95 Å². The first-order valence-corrected chi connectivity index (χ1v) is 11.6. The van der Waals surface area contributed by atoms with Crippen LogP contribution in [0, 0.1) is 6.92 Å². The van der Waals surface area contributed by atoms with Crippen LogP contribution in [-0.4, -0.2) is 54.0 Å². The number of rotatable bonds is 5. The van der Waals surface area contributed by atoms with Crippen LogP contribution >= 0.6 is 12.2 Å². The highest BCUT2D eigenvalue weighted by Crippen LogP contribution is 2.27.